The number of nitrogens with one attached hydrogen (secondary N) is 4. The first-order valence-electron chi connectivity index (χ1n) is 7.84. The van der Waals surface area contributed by atoms with Crippen molar-refractivity contribution in [3.63, 3.8) is 0 Å². The zero-order valence-electron chi connectivity index (χ0n) is 12.7. The molecule has 4 rings (SSSR count). The van der Waals surface area contributed by atoms with Crippen LogP contribution in [0.5, 0.6) is 0 Å². The van der Waals surface area contributed by atoms with Crippen LogP contribution >= 0.6 is 0 Å². The number of amides is 3. The highest BCUT2D eigenvalue weighted by molar-refractivity contribution is 6.04. The van der Waals surface area contributed by atoms with Crippen molar-refractivity contribution in [2.75, 3.05) is 5.32 Å². The number of aryl methyl sites for hydroxylation is 1. The summed E-state index contributed by atoms with van der Waals surface area (Å²) in [4.78, 5) is 34.6. The van der Waals surface area contributed by atoms with Gasteiger partial charge in [0.1, 0.15) is 23.8 Å². The molecular formula is C15H18N6O2. The predicted octanol–water partition coefficient (Wildman–Crippen LogP) is 0.919. The Hall–Kier alpha value is -2.64. The van der Waals surface area contributed by atoms with Gasteiger partial charge in [0.2, 0.25) is 0 Å². The lowest BCUT2D eigenvalue weighted by Crippen LogP contribution is -2.48. The number of aromatic nitrogens is 3. The van der Waals surface area contributed by atoms with Gasteiger partial charge in [-0.15, -0.1) is 0 Å². The summed E-state index contributed by atoms with van der Waals surface area (Å²) in [5, 5.41) is 9.44. The summed E-state index contributed by atoms with van der Waals surface area (Å²) in [6, 6.07) is -0.540. The Bertz CT molecular complexity index is 779. The zero-order chi connectivity index (χ0) is 16.0. The van der Waals surface area contributed by atoms with Crippen LogP contribution in [-0.4, -0.2) is 39.0 Å². The molecular weight excluding hydrogens is 296 g/mol. The third-order valence-corrected chi connectivity index (χ3v) is 4.72. The summed E-state index contributed by atoms with van der Waals surface area (Å²) in [6.45, 7) is 2.10. The number of fused-ring (bicyclic) bond motifs is 1. The summed E-state index contributed by atoms with van der Waals surface area (Å²) < 4.78 is 0. The Morgan fingerprint density at radius 3 is 2.83 bits per heavy atom. The van der Waals surface area contributed by atoms with Crippen LogP contribution in [-0.2, 0) is 11.2 Å². The van der Waals surface area contributed by atoms with Crippen molar-refractivity contribution in [1.29, 1.82) is 0 Å². The monoisotopic (exact) mass is 314 g/mol. The fourth-order valence-electron chi connectivity index (χ4n) is 3.42. The minimum Gasteiger partial charge on any atom is -0.367 e. The van der Waals surface area contributed by atoms with Gasteiger partial charge in [-0.25, -0.2) is 14.8 Å². The zero-order valence-corrected chi connectivity index (χ0v) is 12.7. The summed E-state index contributed by atoms with van der Waals surface area (Å²) in [5.74, 6) is 0.784. The second kappa shape index (κ2) is 5.22. The molecule has 1 aliphatic carbocycles. The van der Waals surface area contributed by atoms with Gasteiger partial charge in [0, 0.05) is 12.2 Å². The number of nitrogens with zero attached hydrogens (tertiary/aromatic N) is 2. The lowest BCUT2D eigenvalue weighted by atomic mass is 9.75. The van der Waals surface area contributed by atoms with E-state index in [0.29, 0.717) is 0 Å². The highest BCUT2D eigenvalue weighted by Gasteiger charge is 2.43. The fraction of sp³-hybridized carbons (Fsp3) is 0.467. The molecule has 3 amide bonds. The van der Waals surface area contributed by atoms with Crippen molar-refractivity contribution < 1.29 is 9.59 Å². The summed E-state index contributed by atoms with van der Waals surface area (Å²) in [5.41, 5.74) is 2.01. The minimum absolute atomic E-state index is 0.174. The van der Waals surface area contributed by atoms with Crippen LogP contribution < -0.4 is 16.0 Å². The SMILES string of the molecule is CCc1c[nH]c2ncnc(NC3CC(C4NC(=O)NC4=O)C3)c12. The van der Waals surface area contributed by atoms with E-state index in [1.807, 2.05) is 6.20 Å². The maximum absolute atomic E-state index is 11.7. The number of imide groups is 1. The molecule has 2 fully saturated rings. The molecule has 3 heterocycles. The molecule has 120 valence electrons. The molecule has 1 saturated carbocycles. The number of hydrogen-bond donors (Lipinski definition) is 4. The van der Waals surface area contributed by atoms with E-state index in [-0.39, 0.29) is 17.9 Å². The normalized spacial score (nSPS) is 26.7. The molecule has 0 radical (unpaired) electrons. The number of rotatable bonds is 4. The number of hydrogen-bond acceptors (Lipinski definition) is 5. The number of urea groups is 1. The van der Waals surface area contributed by atoms with Crippen LogP contribution in [0.25, 0.3) is 11.0 Å². The Morgan fingerprint density at radius 1 is 1.30 bits per heavy atom. The fourth-order valence-corrected chi connectivity index (χ4v) is 3.42. The van der Waals surface area contributed by atoms with E-state index in [4.69, 9.17) is 0 Å². The lowest BCUT2D eigenvalue weighted by Gasteiger charge is -2.38. The topological polar surface area (TPSA) is 112 Å². The minimum atomic E-state index is -0.399. The quantitative estimate of drug-likeness (QED) is 0.627. The van der Waals surface area contributed by atoms with E-state index in [2.05, 4.69) is 37.8 Å². The molecule has 1 aliphatic heterocycles. The summed E-state index contributed by atoms with van der Waals surface area (Å²) >= 11 is 0. The van der Waals surface area contributed by atoms with Crippen LogP contribution in [0, 0.1) is 5.92 Å². The Balaban J connectivity index is 1.46. The molecule has 2 aromatic rings. The van der Waals surface area contributed by atoms with Crippen molar-refractivity contribution in [3.05, 3.63) is 18.1 Å². The second-order valence-electron chi connectivity index (χ2n) is 6.13. The molecule has 2 aromatic heterocycles. The molecule has 4 N–H and O–H groups in total. The molecule has 8 nitrogen and oxygen atoms in total. The first-order chi connectivity index (χ1) is 11.2. The van der Waals surface area contributed by atoms with Gasteiger partial charge in [-0.2, -0.15) is 0 Å². The smallest absolute Gasteiger partial charge is 0.322 e. The molecule has 1 atom stereocenters. The Morgan fingerprint density at radius 2 is 2.13 bits per heavy atom. The number of carbonyl (C=O) groups excluding carboxylic acids is 2. The van der Waals surface area contributed by atoms with Crippen molar-refractivity contribution in [1.82, 2.24) is 25.6 Å². The van der Waals surface area contributed by atoms with E-state index < -0.39 is 12.1 Å². The van der Waals surface area contributed by atoms with Gasteiger partial charge in [-0.1, -0.05) is 6.92 Å². The summed E-state index contributed by atoms with van der Waals surface area (Å²) in [6.07, 6.45) is 6.07. The third-order valence-electron chi connectivity index (χ3n) is 4.72. The van der Waals surface area contributed by atoms with E-state index in [1.165, 1.54) is 5.56 Å². The number of H-pyrrole nitrogens is 1. The lowest BCUT2D eigenvalue weighted by molar-refractivity contribution is -0.122. The van der Waals surface area contributed by atoms with Crippen LogP contribution in [0.3, 0.4) is 0 Å². The first-order valence-corrected chi connectivity index (χ1v) is 7.84. The molecule has 1 unspecified atom stereocenters. The van der Waals surface area contributed by atoms with Crippen molar-refractivity contribution in [2.45, 2.75) is 38.3 Å². The van der Waals surface area contributed by atoms with E-state index >= 15 is 0 Å². The van der Waals surface area contributed by atoms with Crippen molar-refractivity contribution in [2.24, 2.45) is 5.92 Å². The van der Waals surface area contributed by atoms with Crippen molar-refractivity contribution >= 4 is 28.8 Å². The molecule has 23 heavy (non-hydrogen) atoms. The van der Waals surface area contributed by atoms with Crippen LogP contribution in [0.4, 0.5) is 10.6 Å². The summed E-state index contributed by atoms with van der Waals surface area (Å²) in [7, 11) is 0. The molecule has 8 heteroatoms. The van der Waals surface area contributed by atoms with Gasteiger partial charge in [-0.3, -0.25) is 10.1 Å². The Labute approximate surface area is 132 Å². The predicted molar refractivity (Wildman–Crippen MR) is 83.9 cm³/mol. The van der Waals surface area contributed by atoms with Crippen LogP contribution in [0.2, 0.25) is 0 Å². The maximum atomic E-state index is 11.7. The third kappa shape index (κ3) is 2.30. The van der Waals surface area contributed by atoms with E-state index in [1.54, 1.807) is 6.33 Å². The van der Waals surface area contributed by atoms with Gasteiger partial charge in [0.15, 0.2) is 0 Å². The second-order valence-corrected chi connectivity index (χ2v) is 6.13. The first kappa shape index (κ1) is 14.0. The molecule has 1 saturated heterocycles. The molecule has 2 aliphatic rings. The highest BCUT2D eigenvalue weighted by atomic mass is 16.2. The highest BCUT2D eigenvalue weighted by Crippen LogP contribution is 2.35. The Kier molecular flexibility index (Phi) is 3.17. The molecule has 0 aromatic carbocycles. The maximum Gasteiger partial charge on any atom is 0.322 e. The average Bonchev–Trinajstić information content (AvgIpc) is 3.05. The number of carbonyl (C=O) groups is 2. The van der Waals surface area contributed by atoms with Gasteiger partial charge in [0.05, 0.1) is 5.39 Å². The van der Waals surface area contributed by atoms with Gasteiger partial charge < -0.3 is 15.6 Å². The van der Waals surface area contributed by atoms with Crippen molar-refractivity contribution in [3.8, 4) is 0 Å². The number of aromatic amines is 1. The number of anilines is 1. The van der Waals surface area contributed by atoms with Gasteiger partial charge in [0.25, 0.3) is 5.91 Å². The van der Waals surface area contributed by atoms with E-state index in [9.17, 15) is 9.59 Å². The van der Waals surface area contributed by atoms with Crippen LogP contribution in [0.15, 0.2) is 12.5 Å². The molecule has 0 spiro atoms. The average molecular weight is 314 g/mol. The van der Waals surface area contributed by atoms with Crippen LogP contribution in [0.1, 0.15) is 25.3 Å². The van der Waals surface area contributed by atoms with Gasteiger partial charge in [-0.05, 0) is 30.7 Å². The molecule has 0 bridgehead atoms. The largest absolute Gasteiger partial charge is 0.367 e. The standard InChI is InChI=1S/C15H18N6O2/c1-2-7-5-16-12-10(7)13(18-6-17-12)19-9-3-8(4-9)11-14(22)21-15(23)20-11/h5-6,8-9,11H,2-4H2,1H3,(H2,16,17,18,19)(H2,20,21,22,23). The van der Waals surface area contributed by atoms with E-state index in [0.717, 1.165) is 36.1 Å². The van der Waals surface area contributed by atoms with Gasteiger partial charge >= 0.3 is 6.03 Å².